The van der Waals surface area contributed by atoms with Crippen LogP contribution >= 0.6 is 11.3 Å². The van der Waals surface area contributed by atoms with E-state index >= 15 is 0 Å². The molecule has 0 bridgehead atoms. The highest BCUT2D eigenvalue weighted by molar-refractivity contribution is 7.12. The average Bonchev–Trinajstić information content (AvgIpc) is 3.07. The van der Waals surface area contributed by atoms with Crippen LogP contribution in [0.3, 0.4) is 0 Å². The zero-order chi connectivity index (χ0) is 14.1. The van der Waals surface area contributed by atoms with Crippen molar-refractivity contribution >= 4 is 22.3 Å². The topological polar surface area (TPSA) is 51.2 Å². The quantitative estimate of drug-likeness (QED) is 0.568. The molecule has 3 nitrogen and oxygen atoms in total. The molecule has 20 heavy (non-hydrogen) atoms. The molecule has 0 saturated heterocycles. The Bertz CT molecular complexity index is 734. The zero-order valence-electron chi connectivity index (χ0n) is 11.0. The highest BCUT2D eigenvalue weighted by Gasteiger charge is 2.20. The third-order valence-electron chi connectivity index (χ3n) is 3.28. The number of aryl methyl sites for hydroxylation is 1. The molecule has 2 aromatic heterocycles. The van der Waals surface area contributed by atoms with E-state index in [1.54, 1.807) is 17.4 Å². The summed E-state index contributed by atoms with van der Waals surface area (Å²) in [6.07, 6.45) is 0.983. The van der Waals surface area contributed by atoms with E-state index < -0.39 is 0 Å². The second-order valence-corrected chi connectivity index (χ2v) is 5.76. The number of furan rings is 1. The summed E-state index contributed by atoms with van der Waals surface area (Å²) in [5, 5.41) is 0.743. The molecular weight excluding hydrogens is 275 g/mol. The van der Waals surface area contributed by atoms with E-state index in [0.29, 0.717) is 5.76 Å². The van der Waals surface area contributed by atoms with Crippen molar-refractivity contribution in [2.45, 2.75) is 19.4 Å². The predicted molar refractivity (Wildman–Crippen MR) is 79.0 cm³/mol. The van der Waals surface area contributed by atoms with Gasteiger partial charge in [0.05, 0.1) is 0 Å². The van der Waals surface area contributed by atoms with Crippen LogP contribution in [0.1, 0.15) is 28.5 Å². The fourth-order valence-electron chi connectivity index (χ4n) is 2.23. The predicted octanol–water partition coefficient (Wildman–Crippen LogP) is 3.75. The average molecular weight is 290 g/mol. The highest BCUT2D eigenvalue weighted by Crippen LogP contribution is 2.32. The molecule has 3 aromatic rings. The smallest absolute Gasteiger partial charge is 0.169 e. The molecule has 0 fully saturated rings. The number of nitrogens with two attached hydrogens (primary N) is 1. The zero-order valence-corrected chi connectivity index (χ0v) is 11.8. The Labute approximate surface area is 120 Å². The minimum atomic E-state index is -0.357. The van der Waals surface area contributed by atoms with Crippen LogP contribution < -0.4 is 11.3 Å². The van der Waals surface area contributed by atoms with E-state index in [1.165, 1.54) is 10.9 Å². The van der Waals surface area contributed by atoms with Crippen LogP contribution in [0.5, 0.6) is 0 Å². The summed E-state index contributed by atoms with van der Waals surface area (Å²) in [7, 11) is 0. The molecule has 1 unspecified atom stereocenters. The molecule has 0 aliphatic carbocycles. The highest BCUT2D eigenvalue weighted by atomic mass is 32.1. The van der Waals surface area contributed by atoms with Gasteiger partial charge in [0.1, 0.15) is 11.8 Å². The minimum absolute atomic E-state index is 0.257. The first-order valence-corrected chi connectivity index (χ1v) is 7.27. The van der Waals surface area contributed by atoms with Crippen LogP contribution in [0.25, 0.3) is 11.0 Å². The van der Waals surface area contributed by atoms with Gasteiger partial charge in [-0.2, -0.15) is 0 Å². The van der Waals surface area contributed by atoms with Gasteiger partial charge in [-0.05, 0) is 30.7 Å². The van der Waals surface area contributed by atoms with E-state index in [0.717, 1.165) is 16.7 Å². The summed E-state index contributed by atoms with van der Waals surface area (Å²) in [6.45, 7) is 2.11. The Balaban J connectivity index is 2.04. The Morgan fingerprint density at radius 1 is 1.35 bits per heavy atom. The number of fused-ring (bicyclic) bond motifs is 1. The number of thiophene rings is 1. The lowest BCUT2D eigenvalue weighted by Crippen LogP contribution is -2.27. The standard InChI is InChI=1S/C15H15FN2OS/c1-2-10-6-7-13(20-10)14(18-17)12-8-9-4-3-5-11(16)15(9)19-12/h3-8,14,18H,2,17H2,1H3. The summed E-state index contributed by atoms with van der Waals surface area (Å²) in [6, 6.07) is 10.6. The summed E-state index contributed by atoms with van der Waals surface area (Å²) in [5.74, 6) is 5.92. The van der Waals surface area contributed by atoms with E-state index in [4.69, 9.17) is 10.3 Å². The first kappa shape index (κ1) is 13.3. The molecule has 0 spiro atoms. The second-order valence-electron chi connectivity index (χ2n) is 4.56. The third kappa shape index (κ3) is 2.24. The monoisotopic (exact) mass is 290 g/mol. The Morgan fingerprint density at radius 2 is 2.20 bits per heavy atom. The largest absolute Gasteiger partial charge is 0.456 e. The fraction of sp³-hybridized carbons (Fsp3) is 0.200. The fourth-order valence-corrected chi connectivity index (χ4v) is 3.26. The number of rotatable bonds is 4. The molecule has 0 aliphatic heterocycles. The van der Waals surface area contributed by atoms with Crippen molar-refractivity contribution in [3.8, 4) is 0 Å². The van der Waals surface area contributed by atoms with Crippen molar-refractivity contribution in [1.82, 2.24) is 5.43 Å². The molecule has 1 aromatic carbocycles. The van der Waals surface area contributed by atoms with Crippen molar-refractivity contribution in [3.05, 3.63) is 57.7 Å². The molecule has 1 atom stereocenters. The van der Waals surface area contributed by atoms with E-state index in [2.05, 4.69) is 18.4 Å². The van der Waals surface area contributed by atoms with E-state index in [9.17, 15) is 4.39 Å². The molecule has 0 amide bonds. The maximum absolute atomic E-state index is 13.7. The normalized spacial score (nSPS) is 12.9. The second kappa shape index (κ2) is 5.36. The number of hydrogen-bond acceptors (Lipinski definition) is 4. The van der Waals surface area contributed by atoms with E-state index in [-0.39, 0.29) is 17.4 Å². The van der Waals surface area contributed by atoms with Crippen LogP contribution in [-0.2, 0) is 6.42 Å². The summed E-state index contributed by atoms with van der Waals surface area (Å²) < 4.78 is 19.3. The summed E-state index contributed by atoms with van der Waals surface area (Å²) in [4.78, 5) is 2.34. The number of benzene rings is 1. The van der Waals surface area contributed by atoms with Gasteiger partial charge in [-0.25, -0.2) is 9.82 Å². The van der Waals surface area contributed by atoms with Crippen LogP contribution in [0.2, 0.25) is 0 Å². The molecule has 104 valence electrons. The van der Waals surface area contributed by atoms with Crippen LogP contribution in [0.15, 0.2) is 40.8 Å². The van der Waals surface area contributed by atoms with Gasteiger partial charge in [-0.1, -0.05) is 19.1 Å². The van der Waals surface area contributed by atoms with E-state index in [1.807, 2.05) is 18.2 Å². The molecule has 3 rings (SSSR count). The van der Waals surface area contributed by atoms with Crippen LogP contribution in [0.4, 0.5) is 4.39 Å². The lowest BCUT2D eigenvalue weighted by Gasteiger charge is -2.10. The minimum Gasteiger partial charge on any atom is -0.456 e. The first-order valence-electron chi connectivity index (χ1n) is 6.45. The maximum Gasteiger partial charge on any atom is 0.169 e. The number of halogens is 1. The molecular formula is C15H15FN2OS. The van der Waals surface area contributed by atoms with Gasteiger partial charge in [0.15, 0.2) is 11.4 Å². The Morgan fingerprint density at radius 3 is 2.85 bits per heavy atom. The number of hydrogen-bond donors (Lipinski definition) is 2. The van der Waals surface area contributed by atoms with Gasteiger partial charge in [0.2, 0.25) is 0 Å². The Hall–Kier alpha value is -1.69. The number of hydrazine groups is 1. The Kier molecular flexibility index (Phi) is 3.56. The lowest BCUT2D eigenvalue weighted by atomic mass is 10.1. The molecule has 0 saturated carbocycles. The maximum atomic E-state index is 13.7. The molecule has 5 heteroatoms. The number of nitrogens with one attached hydrogen (secondary N) is 1. The van der Waals surface area contributed by atoms with Crippen LogP contribution in [-0.4, -0.2) is 0 Å². The van der Waals surface area contributed by atoms with Crippen molar-refractivity contribution in [2.75, 3.05) is 0 Å². The summed E-state index contributed by atoms with van der Waals surface area (Å²) in [5.41, 5.74) is 3.02. The molecule has 3 N–H and O–H groups in total. The van der Waals surface area contributed by atoms with Gasteiger partial charge in [0, 0.05) is 15.1 Å². The van der Waals surface area contributed by atoms with Gasteiger partial charge >= 0.3 is 0 Å². The first-order chi connectivity index (χ1) is 9.72. The lowest BCUT2D eigenvalue weighted by molar-refractivity contribution is 0.468. The third-order valence-corrected chi connectivity index (χ3v) is 4.58. The van der Waals surface area contributed by atoms with Gasteiger partial charge in [0.25, 0.3) is 0 Å². The van der Waals surface area contributed by atoms with Crippen molar-refractivity contribution in [2.24, 2.45) is 5.84 Å². The van der Waals surface area contributed by atoms with Gasteiger partial charge in [-0.15, -0.1) is 11.3 Å². The van der Waals surface area contributed by atoms with Gasteiger partial charge < -0.3 is 4.42 Å². The molecule has 2 heterocycles. The van der Waals surface area contributed by atoms with Crippen molar-refractivity contribution in [1.29, 1.82) is 0 Å². The molecule has 0 radical (unpaired) electrons. The molecule has 0 aliphatic rings. The van der Waals surface area contributed by atoms with Gasteiger partial charge in [-0.3, -0.25) is 5.84 Å². The van der Waals surface area contributed by atoms with Crippen molar-refractivity contribution < 1.29 is 8.81 Å². The van der Waals surface area contributed by atoms with Crippen molar-refractivity contribution in [3.63, 3.8) is 0 Å². The summed E-state index contributed by atoms with van der Waals surface area (Å²) >= 11 is 1.68. The number of para-hydroxylation sites is 1. The van der Waals surface area contributed by atoms with Crippen LogP contribution in [0, 0.1) is 5.82 Å². The SMILES string of the molecule is CCc1ccc(C(NN)c2cc3cccc(F)c3o2)s1.